The first kappa shape index (κ1) is 20.1. The number of nitrogens with one attached hydrogen (secondary N) is 1. The van der Waals surface area contributed by atoms with Gasteiger partial charge in [-0.25, -0.2) is 4.98 Å². The van der Waals surface area contributed by atoms with E-state index in [2.05, 4.69) is 16.4 Å². The minimum Gasteiger partial charge on any atom is -0.316 e. The zero-order valence-corrected chi connectivity index (χ0v) is 17.4. The van der Waals surface area contributed by atoms with E-state index in [0.717, 1.165) is 0 Å². The lowest BCUT2D eigenvalue weighted by molar-refractivity contribution is -0.115. The molecule has 8 heteroatoms. The van der Waals surface area contributed by atoms with Gasteiger partial charge in [-0.1, -0.05) is 37.7 Å². The van der Waals surface area contributed by atoms with Crippen LogP contribution in [0.3, 0.4) is 0 Å². The second kappa shape index (κ2) is 8.59. The van der Waals surface area contributed by atoms with Crippen LogP contribution < -0.4 is 10.9 Å². The van der Waals surface area contributed by atoms with Crippen molar-refractivity contribution in [2.24, 2.45) is 5.92 Å². The average Bonchev–Trinajstić information content (AvgIpc) is 3.11. The first-order valence-electron chi connectivity index (χ1n) is 8.85. The molecule has 0 bridgehead atoms. The Bertz CT molecular complexity index is 1110. The number of fused-ring (bicyclic) bond motifs is 1. The Labute approximate surface area is 171 Å². The fourth-order valence-electron chi connectivity index (χ4n) is 2.68. The van der Waals surface area contributed by atoms with E-state index in [4.69, 9.17) is 5.26 Å². The number of hydrogen-bond acceptors (Lipinski definition) is 6. The van der Waals surface area contributed by atoms with Gasteiger partial charge in [0.25, 0.3) is 5.56 Å². The number of thioether (sulfide) groups is 1. The molecule has 2 aromatic heterocycles. The summed E-state index contributed by atoms with van der Waals surface area (Å²) in [5.41, 5.74) is 0.961. The predicted octanol–water partition coefficient (Wildman–Crippen LogP) is 4.10. The van der Waals surface area contributed by atoms with E-state index in [-0.39, 0.29) is 17.4 Å². The Morgan fingerprint density at radius 2 is 2.07 bits per heavy atom. The third kappa shape index (κ3) is 4.26. The van der Waals surface area contributed by atoms with Crippen LogP contribution in [0, 0.1) is 17.2 Å². The topological polar surface area (TPSA) is 87.8 Å². The highest BCUT2D eigenvalue weighted by atomic mass is 32.2. The number of thiophene rings is 1. The van der Waals surface area contributed by atoms with Crippen LogP contribution in [0.25, 0.3) is 10.9 Å². The molecule has 144 valence electrons. The van der Waals surface area contributed by atoms with Crippen LogP contribution in [0.15, 0.2) is 45.7 Å². The van der Waals surface area contributed by atoms with Crippen molar-refractivity contribution in [3.05, 3.63) is 51.6 Å². The second-order valence-corrected chi connectivity index (χ2v) is 8.97. The lowest BCUT2D eigenvalue weighted by Gasteiger charge is -2.17. The molecule has 0 spiro atoms. The summed E-state index contributed by atoms with van der Waals surface area (Å²) in [6.07, 6.45) is 0. The maximum atomic E-state index is 13.0. The summed E-state index contributed by atoms with van der Waals surface area (Å²) in [6, 6.07) is 11.0. The standard InChI is InChI=1S/C20H20N4O2S2/c1-12(2)11-24-19(26)15-6-4-5-7-16(15)22-20(24)28-13(3)17(25)23-18-14(10-21)8-9-27-18/h4-9,12-13H,11H2,1-3H3,(H,23,25)/t13-/m0/s1. The van der Waals surface area contributed by atoms with E-state index in [1.807, 2.05) is 26.0 Å². The van der Waals surface area contributed by atoms with Crippen molar-refractivity contribution < 1.29 is 4.79 Å². The largest absolute Gasteiger partial charge is 0.316 e. The van der Waals surface area contributed by atoms with Gasteiger partial charge in [0.15, 0.2) is 5.16 Å². The van der Waals surface area contributed by atoms with Crippen molar-refractivity contribution in [1.82, 2.24) is 9.55 Å². The molecule has 0 unspecified atom stereocenters. The Morgan fingerprint density at radius 1 is 1.32 bits per heavy atom. The number of nitriles is 1. The van der Waals surface area contributed by atoms with Gasteiger partial charge in [0.05, 0.1) is 21.7 Å². The summed E-state index contributed by atoms with van der Waals surface area (Å²) in [7, 11) is 0. The summed E-state index contributed by atoms with van der Waals surface area (Å²) in [5.74, 6) is 0.0240. The molecule has 0 aliphatic heterocycles. The van der Waals surface area contributed by atoms with Crippen molar-refractivity contribution in [2.75, 3.05) is 5.32 Å². The Morgan fingerprint density at radius 3 is 2.79 bits per heavy atom. The monoisotopic (exact) mass is 412 g/mol. The van der Waals surface area contributed by atoms with Gasteiger partial charge >= 0.3 is 0 Å². The number of rotatable bonds is 6. The van der Waals surface area contributed by atoms with E-state index in [0.29, 0.717) is 33.2 Å². The Kier molecular flexibility index (Phi) is 6.17. The van der Waals surface area contributed by atoms with E-state index >= 15 is 0 Å². The van der Waals surface area contributed by atoms with Crippen molar-refractivity contribution in [3.8, 4) is 6.07 Å². The van der Waals surface area contributed by atoms with Crippen LogP contribution in [0.5, 0.6) is 0 Å². The quantitative estimate of drug-likeness (QED) is 0.486. The zero-order valence-electron chi connectivity index (χ0n) is 15.8. The van der Waals surface area contributed by atoms with E-state index in [9.17, 15) is 9.59 Å². The minimum absolute atomic E-state index is 0.0977. The molecule has 1 amide bonds. The van der Waals surface area contributed by atoms with Gasteiger partial charge in [0, 0.05) is 6.54 Å². The fourth-order valence-corrected chi connectivity index (χ4v) is 4.34. The van der Waals surface area contributed by atoms with Crippen LogP contribution >= 0.6 is 23.1 Å². The molecule has 0 saturated heterocycles. The van der Waals surface area contributed by atoms with E-state index in [1.54, 1.807) is 35.1 Å². The molecular weight excluding hydrogens is 392 g/mol. The molecule has 0 radical (unpaired) electrons. The highest BCUT2D eigenvalue weighted by molar-refractivity contribution is 8.00. The molecule has 0 saturated carbocycles. The fraction of sp³-hybridized carbons (Fsp3) is 0.300. The summed E-state index contributed by atoms with van der Waals surface area (Å²) in [4.78, 5) is 30.2. The van der Waals surface area contributed by atoms with Gasteiger partial charge in [0.2, 0.25) is 5.91 Å². The van der Waals surface area contributed by atoms with Crippen LogP contribution in [0.2, 0.25) is 0 Å². The molecular formula is C20H20N4O2S2. The highest BCUT2D eigenvalue weighted by Gasteiger charge is 2.21. The molecule has 3 rings (SSSR count). The first-order chi connectivity index (χ1) is 13.4. The van der Waals surface area contributed by atoms with E-state index in [1.165, 1.54) is 23.1 Å². The van der Waals surface area contributed by atoms with Crippen LogP contribution in [0.4, 0.5) is 5.00 Å². The van der Waals surface area contributed by atoms with Gasteiger partial charge in [-0.05, 0) is 36.4 Å². The summed E-state index contributed by atoms with van der Waals surface area (Å²) in [6.45, 7) is 6.36. The zero-order chi connectivity index (χ0) is 20.3. The summed E-state index contributed by atoms with van der Waals surface area (Å²) in [5, 5.41) is 14.8. The van der Waals surface area contributed by atoms with E-state index < -0.39 is 5.25 Å². The first-order valence-corrected chi connectivity index (χ1v) is 10.6. The molecule has 3 aromatic rings. The minimum atomic E-state index is -0.486. The predicted molar refractivity (Wildman–Crippen MR) is 114 cm³/mol. The van der Waals surface area contributed by atoms with Crippen molar-refractivity contribution >= 4 is 44.9 Å². The molecule has 1 aromatic carbocycles. The number of hydrogen-bond donors (Lipinski definition) is 1. The maximum absolute atomic E-state index is 13.0. The highest BCUT2D eigenvalue weighted by Crippen LogP contribution is 2.27. The molecule has 1 atom stereocenters. The Balaban J connectivity index is 1.91. The number of benzene rings is 1. The lowest BCUT2D eigenvalue weighted by atomic mass is 10.2. The number of anilines is 1. The van der Waals surface area contributed by atoms with Gasteiger partial charge in [-0.15, -0.1) is 11.3 Å². The third-order valence-electron chi connectivity index (χ3n) is 4.05. The number of para-hydroxylation sites is 1. The van der Waals surface area contributed by atoms with Crippen LogP contribution in [0.1, 0.15) is 26.3 Å². The maximum Gasteiger partial charge on any atom is 0.262 e. The lowest BCUT2D eigenvalue weighted by Crippen LogP contribution is -2.28. The van der Waals surface area contributed by atoms with Gasteiger partial charge in [-0.3, -0.25) is 14.2 Å². The average molecular weight is 413 g/mol. The van der Waals surface area contributed by atoms with Gasteiger partial charge in [0.1, 0.15) is 11.1 Å². The van der Waals surface area contributed by atoms with Gasteiger partial charge < -0.3 is 5.32 Å². The third-order valence-corrected chi connectivity index (χ3v) is 5.97. The smallest absolute Gasteiger partial charge is 0.262 e. The van der Waals surface area contributed by atoms with Crippen molar-refractivity contribution in [3.63, 3.8) is 0 Å². The second-order valence-electron chi connectivity index (χ2n) is 6.75. The molecule has 0 fully saturated rings. The number of amides is 1. The molecule has 0 aliphatic rings. The van der Waals surface area contributed by atoms with Crippen molar-refractivity contribution in [2.45, 2.75) is 37.7 Å². The Hall–Kier alpha value is -2.63. The molecule has 28 heavy (non-hydrogen) atoms. The number of aromatic nitrogens is 2. The SMILES string of the molecule is CC(C)Cn1c(S[C@@H](C)C(=O)Nc2sccc2C#N)nc2ccccc2c1=O. The molecule has 0 aliphatic carbocycles. The summed E-state index contributed by atoms with van der Waals surface area (Å²) < 4.78 is 1.65. The molecule has 6 nitrogen and oxygen atoms in total. The van der Waals surface area contributed by atoms with Crippen LogP contribution in [-0.2, 0) is 11.3 Å². The molecule has 2 heterocycles. The van der Waals surface area contributed by atoms with Crippen molar-refractivity contribution in [1.29, 1.82) is 5.26 Å². The van der Waals surface area contributed by atoms with Crippen LogP contribution in [-0.4, -0.2) is 20.7 Å². The van der Waals surface area contributed by atoms with Gasteiger partial charge in [-0.2, -0.15) is 5.26 Å². The number of carbonyl (C=O) groups is 1. The summed E-state index contributed by atoms with van der Waals surface area (Å²) >= 11 is 2.55. The number of nitrogens with zero attached hydrogens (tertiary/aromatic N) is 3. The molecule has 1 N–H and O–H groups in total. The normalized spacial score (nSPS) is 12.1. The number of carbonyl (C=O) groups excluding carboxylic acids is 1.